The SMILES string of the molecule is CCNc1ncnc(NCCC(=O)OC)c1[N+](=O)[O-]. The fourth-order valence-corrected chi connectivity index (χ4v) is 1.36. The van der Waals surface area contributed by atoms with Gasteiger partial charge in [0.15, 0.2) is 0 Å². The first-order valence-electron chi connectivity index (χ1n) is 5.64. The molecule has 19 heavy (non-hydrogen) atoms. The van der Waals surface area contributed by atoms with Gasteiger partial charge in [0.1, 0.15) is 6.33 Å². The summed E-state index contributed by atoms with van der Waals surface area (Å²) in [6, 6.07) is 0. The molecule has 1 aromatic heterocycles. The highest BCUT2D eigenvalue weighted by molar-refractivity contribution is 5.72. The van der Waals surface area contributed by atoms with Gasteiger partial charge in [-0.1, -0.05) is 0 Å². The average Bonchev–Trinajstić information content (AvgIpc) is 2.38. The zero-order chi connectivity index (χ0) is 14.3. The Morgan fingerprint density at radius 2 is 2.05 bits per heavy atom. The fraction of sp³-hybridized carbons (Fsp3) is 0.500. The third kappa shape index (κ3) is 4.05. The summed E-state index contributed by atoms with van der Waals surface area (Å²) < 4.78 is 4.47. The van der Waals surface area contributed by atoms with Gasteiger partial charge in [-0.3, -0.25) is 14.9 Å². The van der Waals surface area contributed by atoms with E-state index in [1.54, 1.807) is 6.92 Å². The van der Waals surface area contributed by atoms with Crippen LogP contribution in [-0.4, -0.2) is 41.1 Å². The Bertz CT molecular complexity index is 465. The van der Waals surface area contributed by atoms with E-state index in [-0.39, 0.29) is 30.3 Å². The number of ether oxygens (including phenoxy) is 1. The highest BCUT2D eigenvalue weighted by atomic mass is 16.6. The lowest BCUT2D eigenvalue weighted by Gasteiger charge is -2.08. The van der Waals surface area contributed by atoms with E-state index in [4.69, 9.17) is 0 Å². The van der Waals surface area contributed by atoms with Gasteiger partial charge in [-0.05, 0) is 6.92 Å². The number of carbonyl (C=O) groups excluding carboxylic acids is 1. The van der Waals surface area contributed by atoms with E-state index in [0.717, 1.165) is 0 Å². The van der Waals surface area contributed by atoms with Crippen molar-refractivity contribution in [3.8, 4) is 0 Å². The van der Waals surface area contributed by atoms with Crippen molar-refractivity contribution < 1.29 is 14.5 Å². The van der Waals surface area contributed by atoms with Crippen LogP contribution in [0.25, 0.3) is 0 Å². The fourth-order valence-electron chi connectivity index (χ4n) is 1.36. The van der Waals surface area contributed by atoms with Gasteiger partial charge in [0.2, 0.25) is 11.6 Å². The minimum absolute atomic E-state index is 0.0693. The van der Waals surface area contributed by atoms with Crippen molar-refractivity contribution in [2.75, 3.05) is 30.8 Å². The molecule has 9 nitrogen and oxygen atoms in total. The number of anilines is 2. The third-order valence-corrected chi connectivity index (χ3v) is 2.20. The Hall–Kier alpha value is -2.45. The molecule has 1 aromatic rings. The van der Waals surface area contributed by atoms with E-state index in [9.17, 15) is 14.9 Å². The largest absolute Gasteiger partial charge is 0.469 e. The summed E-state index contributed by atoms with van der Waals surface area (Å²) in [7, 11) is 1.28. The number of hydrogen-bond acceptors (Lipinski definition) is 8. The molecular weight excluding hydrogens is 254 g/mol. The van der Waals surface area contributed by atoms with Gasteiger partial charge in [-0.2, -0.15) is 0 Å². The molecule has 104 valence electrons. The number of methoxy groups -OCH3 is 1. The smallest absolute Gasteiger partial charge is 0.353 e. The van der Waals surface area contributed by atoms with Crippen LogP contribution in [0, 0.1) is 10.1 Å². The molecule has 0 aromatic carbocycles. The molecular formula is C10H15N5O4. The monoisotopic (exact) mass is 269 g/mol. The van der Waals surface area contributed by atoms with Crippen LogP contribution in [0.3, 0.4) is 0 Å². The highest BCUT2D eigenvalue weighted by Gasteiger charge is 2.22. The van der Waals surface area contributed by atoms with Crippen molar-refractivity contribution in [3.63, 3.8) is 0 Å². The maximum Gasteiger partial charge on any atom is 0.353 e. The zero-order valence-corrected chi connectivity index (χ0v) is 10.7. The molecule has 0 atom stereocenters. The highest BCUT2D eigenvalue weighted by Crippen LogP contribution is 2.28. The summed E-state index contributed by atoms with van der Waals surface area (Å²) in [5.41, 5.74) is -0.241. The summed E-state index contributed by atoms with van der Waals surface area (Å²) in [4.78, 5) is 29.0. The van der Waals surface area contributed by atoms with E-state index in [2.05, 4.69) is 25.3 Å². The maximum absolute atomic E-state index is 11.0. The van der Waals surface area contributed by atoms with Gasteiger partial charge in [-0.15, -0.1) is 0 Å². The lowest BCUT2D eigenvalue weighted by atomic mass is 10.4. The molecule has 0 bridgehead atoms. The topological polar surface area (TPSA) is 119 Å². The van der Waals surface area contributed by atoms with Crippen molar-refractivity contribution in [1.82, 2.24) is 9.97 Å². The number of nitro groups is 1. The minimum atomic E-state index is -0.571. The van der Waals surface area contributed by atoms with Crippen molar-refractivity contribution in [2.45, 2.75) is 13.3 Å². The molecule has 0 fully saturated rings. The van der Waals surface area contributed by atoms with Gasteiger partial charge in [-0.25, -0.2) is 9.97 Å². The van der Waals surface area contributed by atoms with E-state index < -0.39 is 10.9 Å². The Balaban J connectivity index is 2.84. The molecule has 0 saturated heterocycles. The standard InChI is InChI=1S/C10H15N5O4/c1-3-11-9-8(15(17)18)10(14-6-13-9)12-5-4-7(16)19-2/h6H,3-5H2,1-2H3,(H2,11,12,13,14). The average molecular weight is 269 g/mol. The molecule has 1 heterocycles. The molecule has 0 aliphatic carbocycles. The predicted molar refractivity (Wildman–Crippen MR) is 68.0 cm³/mol. The Kier molecular flexibility index (Phi) is 5.45. The summed E-state index contributed by atoms with van der Waals surface area (Å²) in [5, 5.41) is 16.5. The molecule has 9 heteroatoms. The van der Waals surface area contributed by atoms with Crippen LogP contribution < -0.4 is 10.6 Å². The molecule has 2 N–H and O–H groups in total. The third-order valence-electron chi connectivity index (χ3n) is 2.20. The number of nitrogens with one attached hydrogen (secondary N) is 2. The van der Waals surface area contributed by atoms with E-state index in [1.807, 2.05) is 0 Å². The van der Waals surface area contributed by atoms with Gasteiger partial charge in [0.05, 0.1) is 18.5 Å². The van der Waals surface area contributed by atoms with E-state index in [1.165, 1.54) is 13.4 Å². The first-order valence-corrected chi connectivity index (χ1v) is 5.64. The molecule has 0 radical (unpaired) electrons. The van der Waals surface area contributed by atoms with E-state index in [0.29, 0.717) is 6.54 Å². The Labute approximate surface area is 109 Å². The molecule has 0 aliphatic heterocycles. The van der Waals surface area contributed by atoms with Crippen LogP contribution in [-0.2, 0) is 9.53 Å². The predicted octanol–water partition coefficient (Wildman–Crippen LogP) is 0.792. The summed E-state index contributed by atoms with van der Waals surface area (Å²) in [5.74, 6) is -0.195. The van der Waals surface area contributed by atoms with Crippen LogP contribution in [0.2, 0.25) is 0 Å². The van der Waals surface area contributed by atoms with Gasteiger partial charge in [0.25, 0.3) is 0 Å². The van der Waals surface area contributed by atoms with Crippen LogP contribution in [0.15, 0.2) is 6.33 Å². The first-order chi connectivity index (χ1) is 9.10. The molecule has 0 amide bonds. The number of rotatable bonds is 7. The second-order valence-corrected chi connectivity index (χ2v) is 3.46. The maximum atomic E-state index is 11.0. The van der Waals surface area contributed by atoms with Crippen molar-refractivity contribution in [3.05, 3.63) is 16.4 Å². The van der Waals surface area contributed by atoms with Crippen LogP contribution in [0.1, 0.15) is 13.3 Å². The van der Waals surface area contributed by atoms with Crippen molar-refractivity contribution in [2.24, 2.45) is 0 Å². The van der Waals surface area contributed by atoms with Crippen molar-refractivity contribution >= 4 is 23.3 Å². The molecule has 0 aliphatic rings. The van der Waals surface area contributed by atoms with Crippen molar-refractivity contribution in [1.29, 1.82) is 0 Å². The second kappa shape index (κ2) is 7.09. The summed E-state index contributed by atoms with van der Waals surface area (Å²) in [6.45, 7) is 2.49. The van der Waals surface area contributed by atoms with E-state index >= 15 is 0 Å². The van der Waals surface area contributed by atoms with Gasteiger partial charge in [0, 0.05) is 13.1 Å². The zero-order valence-electron chi connectivity index (χ0n) is 10.7. The summed E-state index contributed by atoms with van der Waals surface area (Å²) in [6.07, 6.45) is 1.31. The van der Waals surface area contributed by atoms with Crippen LogP contribution in [0.4, 0.5) is 17.3 Å². The number of carbonyl (C=O) groups is 1. The van der Waals surface area contributed by atoms with Gasteiger partial charge < -0.3 is 15.4 Å². The number of aromatic nitrogens is 2. The second-order valence-electron chi connectivity index (χ2n) is 3.46. The normalized spacial score (nSPS) is 9.79. The number of esters is 1. The number of nitrogens with zero attached hydrogens (tertiary/aromatic N) is 3. The Morgan fingerprint density at radius 1 is 1.42 bits per heavy atom. The molecule has 0 unspecified atom stereocenters. The lowest BCUT2D eigenvalue weighted by molar-refractivity contribution is -0.383. The van der Waals surface area contributed by atoms with Crippen LogP contribution in [0.5, 0.6) is 0 Å². The molecule has 0 saturated carbocycles. The first kappa shape index (κ1) is 14.6. The quantitative estimate of drug-likeness (QED) is 0.423. The van der Waals surface area contributed by atoms with Crippen LogP contribution >= 0.6 is 0 Å². The number of hydrogen-bond donors (Lipinski definition) is 2. The molecule has 1 rings (SSSR count). The van der Waals surface area contributed by atoms with Gasteiger partial charge >= 0.3 is 11.7 Å². The lowest BCUT2D eigenvalue weighted by Crippen LogP contribution is -2.13. The Morgan fingerprint density at radius 3 is 2.58 bits per heavy atom. The summed E-state index contributed by atoms with van der Waals surface area (Å²) >= 11 is 0. The molecule has 0 spiro atoms. The minimum Gasteiger partial charge on any atom is -0.469 e.